The van der Waals surface area contributed by atoms with Gasteiger partial charge in [0.15, 0.2) is 5.58 Å². The molecule has 5 heteroatoms. The van der Waals surface area contributed by atoms with E-state index in [-0.39, 0.29) is 11.5 Å². The molecular formula is C17H14ClNO3. The Bertz CT molecular complexity index is 934. The number of hydrogen-bond donors (Lipinski definition) is 1. The standard InChI is InChI=1S/C17H14ClNO3/c18-14-3-1-2-13-16(21)12-5-4-10(8-15(12)22-17(13)14)19-7-6-11(20)9-19/h1-5,8,11,20H,6-7,9H2. The SMILES string of the molecule is O=c1c2ccc(N3CCC(O)C3)cc2oc2c(Cl)cccc12. The van der Waals surface area contributed by atoms with Gasteiger partial charge in [-0.05, 0) is 30.7 Å². The van der Waals surface area contributed by atoms with Gasteiger partial charge in [0.05, 0.1) is 21.9 Å². The lowest BCUT2D eigenvalue weighted by Crippen LogP contribution is -2.21. The van der Waals surface area contributed by atoms with Crippen LogP contribution in [-0.4, -0.2) is 24.3 Å². The normalized spacial score (nSPS) is 18.5. The van der Waals surface area contributed by atoms with Crippen molar-refractivity contribution in [2.45, 2.75) is 12.5 Å². The van der Waals surface area contributed by atoms with Crippen LogP contribution < -0.4 is 10.3 Å². The number of β-amino-alcohol motifs (C(OH)–C–C–N with tert-alkyl or cyclic N) is 1. The summed E-state index contributed by atoms with van der Waals surface area (Å²) >= 11 is 6.14. The third-order valence-corrected chi connectivity index (χ3v) is 4.46. The van der Waals surface area contributed by atoms with Gasteiger partial charge < -0.3 is 14.4 Å². The topological polar surface area (TPSA) is 53.7 Å². The lowest BCUT2D eigenvalue weighted by Gasteiger charge is -2.18. The first kappa shape index (κ1) is 13.6. The Hall–Kier alpha value is -2.04. The van der Waals surface area contributed by atoms with Crippen LogP contribution in [0.3, 0.4) is 0 Å². The van der Waals surface area contributed by atoms with Crippen LogP contribution in [0, 0.1) is 0 Å². The number of fused-ring (bicyclic) bond motifs is 2. The van der Waals surface area contributed by atoms with Gasteiger partial charge in [-0.3, -0.25) is 4.79 Å². The minimum absolute atomic E-state index is 0.0771. The molecule has 0 aliphatic carbocycles. The van der Waals surface area contributed by atoms with Gasteiger partial charge in [0.1, 0.15) is 5.58 Å². The molecule has 1 aromatic heterocycles. The quantitative estimate of drug-likeness (QED) is 0.701. The summed E-state index contributed by atoms with van der Waals surface area (Å²) in [6.07, 6.45) is 0.458. The predicted octanol–water partition coefficient (Wildman–Crippen LogP) is 3.17. The molecule has 3 aromatic rings. The molecule has 0 saturated carbocycles. The fourth-order valence-corrected chi connectivity index (χ4v) is 3.22. The van der Waals surface area contributed by atoms with Crippen molar-refractivity contribution in [2.24, 2.45) is 0 Å². The molecule has 1 N–H and O–H groups in total. The van der Waals surface area contributed by atoms with Gasteiger partial charge in [-0.1, -0.05) is 17.7 Å². The monoisotopic (exact) mass is 315 g/mol. The molecule has 22 heavy (non-hydrogen) atoms. The molecule has 1 aliphatic heterocycles. The maximum Gasteiger partial charge on any atom is 0.200 e. The third kappa shape index (κ3) is 2.07. The predicted molar refractivity (Wildman–Crippen MR) is 87.8 cm³/mol. The summed E-state index contributed by atoms with van der Waals surface area (Å²) in [6, 6.07) is 10.7. The molecule has 1 saturated heterocycles. The van der Waals surface area contributed by atoms with Crippen LogP contribution in [-0.2, 0) is 0 Å². The minimum Gasteiger partial charge on any atom is -0.454 e. The first-order chi connectivity index (χ1) is 10.6. The molecule has 0 amide bonds. The third-order valence-electron chi connectivity index (χ3n) is 4.16. The Labute approximate surface area is 131 Å². The Kier molecular flexibility index (Phi) is 3.10. The van der Waals surface area contributed by atoms with Gasteiger partial charge in [-0.15, -0.1) is 0 Å². The highest BCUT2D eigenvalue weighted by Gasteiger charge is 2.21. The zero-order valence-corrected chi connectivity index (χ0v) is 12.5. The van der Waals surface area contributed by atoms with E-state index in [1.807, 2.05) is 12.1 Å². The molecule has 1 atom stereocenters. The summed E-state index contributed by atoms with van der Waals surface area (Å²) < 4.78 is 5.86. The van der Waals surface area contributed by atoms with Crippen LogP contribution in [0.15, 0.2) is 45.6 Å². The Morgan fingerprint density at radius 1 is 1.23 bits per heavy atom. The van der Waals surface area contributed by atoms with E-state index in [9.17, 15) is 9.90 Å². The van der Waals surface area contributed by atoms with Gasteiger partial charge in [0.25, 0.3) is 0 Å². The molecule has 4 nitrogen and oxygen atoms in total. The summed E-state index contributed by atoms with van der Waals surface area (Å²) in [5, 5.41) is 11.1. The van der Waals surface area contributed by atoms with Crippen molar-refractivity contribution in [2.75, 3.05) is 18.0 Å². The molecule has 4 rings (SSSR count). The fraction of sp³-hybridized carbons (Fsp3) is 0.235. The number of aliphatic hydroxyl groups excluding tert-OH is 1. The number of benzene rings is 2. The van der Waals surface area contributed by atoms with E-state index in [0.29, 0.717) is 33.5 Å². The molecule has 0 bridgehead atoms. The molecule has 2 heterocycles. The first-order valence-corrected chi connectivity index (χ1v) is 7.59. The van der Waals surface area contributed by atoms with Crippen LogP contribution in [0.2, 0.25) is 5.02 Å². The van der Waals surface area contributed by atoms with Gasteiger partial charge >= 0.3 is 0 Å². The summed E-state index contributed by atoms with van der Waals surface area (Å²) in [4.78, 5) is 14.6. The zero-order chi connectivity index (χ0) is 15.3. The van der Waals surface area contributed by atoms with Crippen LogP contribution in [0.4, 0.5) is 5.69 Å². The summed E-state index contributed by atoms with van der Waals surface area (Å²) in [7, 11) is 0. The molecule has 1 fully saturated rings. The van der Waals surface area contributed by atoms with E-state index in [1.54, 1.807) is 24.3 Å². The van der Waals surface area contributed by atoms with Crippen molar-refractivity contribution in [3.63, 3.8) is 0 Å². The molecule has 112 valence electrons. The van der Waals surface area contributed by atoms with Crippen LogP contribution in [0.1, 0.15) is 6.42 Å². The highest BCUT2D eigenvalue weighted by molar-refractivity contribution is 6.34. The number of anilines is 1. The van der Waals surface area contributed by atoms with Crippen LogP contribution >= 0.6 is 11.6 Å². The smallest absolute Gasteiger partial charge is 0.200 e. The highest BCUT2D eigenvalue weighted by Crippen LogP contribution is 2.28. The van der Waals surface area contributed by atoms with E-state index in [2.05, 4.69) is 4.90 Å². The number of rotatable bonds is 1. The van der Waals surface area contributed by atoms with Crippen molar-refractivity contribution in [1.29, 1.82) is 0 Å². The number of aliphatic hydroxyl groups is 1. The van der Waals surface area contributed by atoms with Gasteiger partial charge in [-0.25, -0.2) is 0 Å². The van der Waals surface area contributed by atoms with Gasteiger partial charge in [0.2, 0.25) is 5.43 Å². The van der Waals surface area contributed by atoms with Crippen molar-refractivity contribution in [3.05, 3.63) is 51.6 Å². The Morgan fingerprint density at radius 3 is 2.86 bits per heavy atom. The van der Waals surface area contributed by atoms with Crippen molar-refractivity contribution < 1.29 is 9.52 Å². The largest absolute Gasteiger partial charge is 0.454 e. The lowest BCUT2D eigenvalue weighted by molar-refractivity contribution is 0.198. The molecule has 2 aromatic carbocycles. The van der Waals surface area contributed by atoms with E-state index >= 15 is 0 Å². The molecule has 1 aliphatic rings. The second kappa shape index (κ2) is 5.00. The highest BCUT2D eigenvalue weighted by atomic mass is 35.5. The second-order valence-corrected chi connectivity index (χ2v) is 6.02. The number of nitrogens with zero attached hydrogens (tertiary/aromatic N) is 1. The van der Waals surface area contributed by atoms with E-state index in [1.165, 1.54) is 0 Å². The molecule has 1 unspecified atom stereocenters. The van der Waals surface area contributed by atoms with Crippen molar-refractivity contribution in [1.82, 2.24) is 0 Å². The Morgan fingerprint density at radius 2 is 2.09 bits per heavy atom. The first-order valence-electron chi connectivity index (χ1n) is 7.21. The Balaban J connectivity index is 1.94. The van der Waals surface area contributed by atoms with E-state index < -0.39 is 0 Å². The van der Waals surface area contributed by atoms with E-state index in [4.69, 9.17) is 16.0 Å². The molecule has 0 radical (unpaired) electrons. The van der Waals surface area contributed by atoms with Gasteiger partial charge in [0, 0.05) is 24.8 Å². The second-order valence-electron chi connectivity index (χ2n) is 5.62. The summed E-state index contributed by atoms with van der Waals surface area (Å²) in [5.74, 6) is 0. The zero-order valence-electron chi connectivity index (χ0n) is 11.8. The van der Waals surface area contributed by atoms with Gasteiger partial charge in [-0.2, -0.15) is 0 Å². The average molecular weight is 316 g/mol. The number of para-hydroxylation sites is 1. The lowest BCUT2D eigenvalue weighted by atomic mass is 10.1. The van der Waals surface area contributed by atoms with Crippen LogP contribution in [0.25, 0.3) is 21.9 Å². The average Bonchev–Trinajstić information content (AvgIpc) is 2.95. The summed E-state index contributed by atoms with van der Waals surface area (Å²) in [5.41, 5.74) is 1.80. The summed E-state index contributed by atoms with van der Waals surface area (Å²) in [6.45, 7) is 1.40. The number of halogens is 1. The minimum atomic E-state index is -0.297. The van der Waals surface area contributed by atoms with Crippen molar-refractivity contribution >= 4 is 39.2 Å². The van der Waals surface area contributed by atoms with Crippen LogP contribution in [0.5, 0.6) is 0 Å². The fourth-order valence-electron chi connectivity index (χ4n) is 3.00. The maximum atomic E-state index is 12.6. The molecule has 0 spiro atoms. The van der Waals surface area contributed by atoms with E-state index in [0.717, 1.165) is 18.7 Å². The number of hydrogen-bond acceptors (Lipinski definition) is 4. The van der Waals surface area contributed by atoms with Crippen molar-refractivity contribution in [3.8, 4) is 0 Å². The maximum absolute atomic E-state index is 12.6. The molecular weight excluding hydrogens is 302 g/mol.